The Balaban J connectivity index is 1.57. The summed E-state index contributed by atoms with van der Waals surface area (Å²) in [5, 5.41) is 0.135. The van der Waals surface area contributed by atoms with Gasteiger partial charge >= 0.3 is 0 Å². The SMILES string of the molecule is Cc1ccc(/C=C2\SC(=S)N(CC(=O)N(Cc3c(F)cccc3Cl)C3CCS(=O)(=O)C3)C2=O)cc1. The van der Waals surface area contributed by atoms with Gasteiger partial charge in [0.25, 0.3) is 5.91 Å². The first-order chi connectivity index (χ1) is 16.5. The molecule has 2 aliphatic rings. The summed E-state index contributed by atoms with van der Waals surface area (Å²) in [6.07, 6.45) is 1.94. The van der Waals surface area contributed by atoms with E-state index in [0.29, 0.717) is 4.91 Å². The second kappa shape index (κ2) is 10.4. The zero-order chi connectivity index (χ0) is 25.3. The van der Waals surface area contributed by atoms with Crippen molar-refractivity contribution in [2.45, 2.75) is 25.9 Å². The van der Waals surface area contributed by atoms with Crippen LogP contribution in [0.4, 0.5) is 4.39 Å². The molecule has 0 bridgehead atoms. The molecule has 184 valence electrons. The van der Waals surface area contributed by atoms with Crippen molar-refractivity contribution in [3.63, 3.8) is 0 Å². The molecule has 2 aromatic carbocycles. The third-order valence-corrected chi connectivity index (χ3v) is 9.38. The minimum atomic E-state index is -3.32. The van der Waals surface area contributed by atoms with Crippen molar-refractivity contribution < 1.29 is 22.4 Å². The lowest BCUT2D eigenvalue weighted by atomic mass is 10.1. The lowest BCUT2D eigenvalue weighted by Crippen LogP contribution is -2.47. The normalized spacial score (nSPS) is 20.6. The highest BCUT2D eigenvalue weighted by Crippen LogP contribution is 2.33. The van der Waals surface area contributed by atoms with Gasteiger partial charge in [-0.15, -0.1) is 0 Å². The lowest BCUT2D eigenvalue weighted by Gasteiger charge is -2.30. The number of benzene rings is 2. The number of amides is 2. The predicted molar refractivity (Wildman–Crippen MR) is 140 cm³/mol. The molecule has 0 aromatic heterocycles. The van der Waals surface area contributed by atoms with Crippen molar-refractivity contribution in [2.24, 2.45) is 0 Å². The first kappa shape index (κ1) is 25.8. The standard InChI is InChI=1S/C24H22ClFN2O4S3/c1-15-5-7-16(8-6-15)11-21-23(30)28(24(33)34-21)13-22(29)27(17-9-10-35(31,32)14-17)12-18-19(25)3-2-4-20(18)26/h2-8,11,17H,9-10,12-14H2,1H3/b21-11-. The van der Waals surface area contributed by atoms with E-state index in [9.17, 15) is 22.4 Å². The Morgan fingerprint density at radius 1 is 1.29 bits per heavy atom. The molecule has 2 fully saturated rings. The van der Waals surface area contributed by atoms with E-state index in [4.69, 9.17) is 23.8 Å². The molecule has 0 saturated carbocycles. The van der Waals surface area contributed by atoms with E-state index < -0.39 is 33.5 Å². The molecule has 1 unspecified atom stereocenters. The number of hydrogen-bond donors (Lipinski definition) is 0. The number of thiocarbonyl (C=S) groups is 1. The number of sulfone groups is 1. The average Bonchev–Trinajstić information content (AvgIpc) is 3.28. The summed E-state index contributed by atoms with van der Waals surface area (Å²) in [6.45, 7) is 1.38. The third kappa shape index (κ3) is 5.94. The summed E-state index contributed by atoms with van der Waals surface area (Å²) in [6, 6.07) is 11.2. The predicted octanol–water partition coefficient (Wildman–Crippen LogP) is 4.20. The van der Waals surface area contributed by atoms with E-state index in [-0.39, 0.29) is 45.9 Å². The second-order valence-electron chi connectivity index (χ2n) is 8.46. The number of thioether (sulfide) groups is 1. The maximum atomic E-state index is 14.5. The molecule has 2 aromatic rings. The molecule has 2 saturated heterocycles. The number of carbonyl (C=O) groups is 2. The first-order valence-electron chi connectivity index (χ1n) is 10.8. The van der Waals surface area contributed by atoms with E-state index >= 15 is 0 Å². The Bertz CT molecular complexity index is 1310. The van der Waals surface area contributed by atoms with Crippen LogP contribution in [0.25, 0.3) is 6.08 Å². The van der Waals surface area contributed by atoms with E-state index in [1.165, 1.54) is 28.0 Å². The topological polar surface area (TPSA) is 74.8 Å². The molecule has 35 heavy (non-hydrogen) atoms. The minimum Gasteiger partial charge on any atom is -0.333 e. The Kier molecular flexibility index (Phi) is 7.65. The fraction of sp³-hybridized carbons (Fsp3) is 0.292. The highest BCUT2D eigenvalue weighted by molar-refractivity contribution is 8.26. The summed E-state index contributed by atoms with van der Waals surface area (Å²) in [4.78, 5) is 29.3. The molecule has 0 N–H and O–H groups in total. The molecule has 2 heterocycles. The van der Waals surface area contributed by atoms with Crippen molar-refractivity contribution in [1.29, 1.82) is 0 Å². The number of carbonyl (C=O) groups excluding carboxylic acids is 2. The van der Waals surface area contributed by atoms with Crippen molar-refractivity contribution >= 4 is 67.6 Å². The second-order valence-corrected chi connectivity index (χ2v) is 12.8. The van der Waals surface area contributed by atoms with Gasteiger partial charge in [0.2, 0.25) is 5.91 Å². The van der Waals surface area contributed by atoms with Gasteiger partial charge in [-0.1, -0.05) is 71.5 Å². The van der Waals surface area contributed by atoms with Crippen LogP contribution in [0.3, 0.4) is 0 Å². The quantitative estimate of drug-likeness (QED) is 0.395. The number of nitrogens with zero attached hydrogens (tertiary/aromatic N) is 2. The number of hydrogen-bond acceptors (Lipinski definition) is 6. The van der Waals surface area contributed by atoms with Gasteiger partial charge in [0, 0.05) is 16.6 Å². The highest BCUT2D eigenvalue weighted by Gasteiger charge is 2.39. The van der Waals surface area contributed by atoms with Crippen LogP contribution in [-0.4, -0.2) is 58.4 Å². The molecule has 4 rings (SSSR count). The molecular formula is C24H22ClFN2O4S3. The molecule has 2 aliphatic heterocycles. The van der Waals surface area contributed by atoms with Crippen LogP contribution in [0.1, 0.15) is 23.1 Å². The number of halogens is 2. The fourth-order valence-corrected chi connectivity index (χ4v) is 7.18. The summed E-state index contributed by atoms with van der Waals surface area (Å²) in [5.41, 5.74) is 2.01. The van der Waals surface area contributed by atoms with Crippen LogP contribution in [0.15, 0.2) is 47.4 Å². The molecule has 2 amide bonds. The first-order valence-corrected chi connectivity index (χ1v) is 14.2. The van der Waals surface area contributed by atoms with Crippen LogP contribution < -0.4 is 0 Å². The van der Waals surface area contributed by atoms with E-state index in [1.54, 1.807) is 6.08 Å². The fourth-order valence-electron chi connectivity index (χ4n) is 3.97. The largest absolute Gasteiger partial charge is 0.333 e. The van der Waals surface area contributed by atoms with Crippen LogP contribution in [-0.2, 0) is 26.0 Å². The Labute approximate surface area is 218 Å². The Morgan fingerprint density at radius 3 is 2.63 bits per heavy atom. The van der Waals surface area contributed by atoms with Gasteiger partial charge in [-0.25, -0.2) is 12.8 Å². The lowest BCUT2D eigenvalue weighted by molar-refractivity contribution is -0.137. The van der Waals surface area contributed by atoms with Gasteiger partial charge in [0.05, 0.1) is 23.0 Å². The van der Waals surface area contributed by atoms with Crippen molar-refractivity contribution in [1.82, 2.24) is 9.80 Å². The van der Waals surface area contributed by atoms with Crippen LogP contribution in [0.2, 0.25) is 5.02 Å². The zero-order valence-corrected chi connectivity index (χ0v) is 21.9. The zero-order valence-electron chi connectivity index (χ0n) is 18.7. The van der Waals surface area contributed by atoms with Crippen molar-refractivity contribution in [2.75, 3.05) is 18.1 Å². The van der Waals surface area contributed by atoms with E-state index in [2.05, 4.69) is 0 Å². The molecular weight excluding hydrogens is 531 g/mol. The molecule has 1 atom stereocenters. The summed E-state index contributed by atoms with van der Waals surface area (Å²) in [5.74, 6) is -1.82. The van der Waals surface area contributed by atoms with Gasteiger partial charge in [0.15, 0.2) is 9.84 Å². The van der Waals surface area contributed by atoms with Gasteiger partial charge in [-0.05, 0) is 37.1 Å². The molecule has 0 spiro atoms. The van der Waals surface area contributed by atoms with Crippen LogP contribution in [0.5, 0.6) is 0 Å². The van der Waals surface area contributed by atoms with Crippen LogP contribution in [0, 0.1) is 12.7 Å². The molecule has 6 nitrogen and oxygen atoms in total. The summed E-state index contributed by atoms with van der Waals surface area (Å²) < 4.78 is 38.9. The van der Waals surface area contributed by atoms with Gasteiger partial charge in [-0.2, -0.15) is 0 Å². The summed E-state index contributed by atoms with van der Waals surface area (Å²) in [7, 11) is -3.32. The van der Waals surface area contributed by atoms with Gasteiger partial charge in [0.1, 0.15) is 16.7 Å². The third-order valence-electron chi connectivity index (χ3n) is 5.90. The number of aryl methyl sites for hydroxylation is 1. The molecule has 0 radical (unpaired) electrons. The van der Waals surface area contributed by atoms with Gasteiger partial charge in [-0.3, -0.25) is 14.5 Å². The Hall–Kier alpha value is -2.27. The van der Waals surface area contributed by atoms with Crippen LogP contribution >= 0.6 is 35.6 Å². The monoisotopic (exact) mass is 552 g/mol. The molecule has 0 aliphatic carbocycles. The highest BCUT2D eigenvalue weighted by atomic mass is 35.5. The van der Waals surface area contributed by atoms with Crippen molar-refractivity contribution in [3.05, 3.63) is 74.9 Å². The van der Waals surface area contributed by atoms with E-state index in [1.807, 2.05) is 31.2 Å². The Morgan fingerprint density at radius 2 is 2.00 bits per heavy atom. The van der Waals surface area contributed by atoms with Gasteiger partial charge < -0.3 is 4.90 Å². The molecule has 11 heteroatoms. The van der Waals surface area contributed by atoms with E-state index in [0.717, 1.165) is 22.9 Å². The summed E-state index contributed by atoms with van der Waals surface area (Å²) >= 11 is 12.6. The maximum absolute atomic E-state index is 14.5. The smallest absolute Gasteiger partial charge is 0.266 e. The maximum Gasteiger partial charge on any atom is 0.266 e. The van der Waals surface area contributed by atoms with Crippen molar-refractivity contribution in [3.8, 4) is 0 Å². The average molecular weight is 553 g/mol. The number of rotatable bonds is 6. The minimum absolute atomic E-state index is 0.0627.